The van der Waals surface area contributed by atoms with E-state index in [0.717, 1.165) is 12.8 Å². The Hall–Kier alpha value is 1.15. The zero-order valence-electron chi connectivity index (χ0n) is 7.65. The summed E-state index contributed by atoms with van der Waals surface area (Å²) in [6.07, 6.45) is 1.68. The maximum Gasteiger partial charge on any atom is 0.324 e. The van der Waals surface area contributed by atoms with E-state index in [1.165, 1.54) is 0 Å². The maximum absolute atomic E-state index is 9.26. The van der Waals surface area contributed by atoms with E-state index >= 15 is 0 Å². The van der Waals surface area contributed by atoms with Gasteiger partial charge in [0.2, 0.25) is 0 Å². The van der Waals surface area contributed by atoms with E-state index in [4.69, 9.17) is 20.9 Å². The predicted octanol–water partition coefficient (Wildman–Crippen LogP) is 2.05. The average Bonchev–Trinajstić information content (AvgIpc) is 1.97. The van der Waals surface area contributed by atoms with Crippen LogP contribution in [0.4, 0.5) is 0 Å². The van der Waals surface area contributed by atoms with E-state index in [2.05, 4.69) is 0 Å². The van der Waals surface area contributed by atoms with Crippen molar-refractivity contribution in [2.75, 3.05) is 13.2 Å². The fraction of sp³-hybridized carbons (Fsp3) is 1.00. The summed E-state index contributed by atoms with van der Waals surface area (Å²) in [5.74, 6) is 0. The Bertz CT molecular complexity index is 133. The molecule has 1 N–H and O–H groups in total. The Morgan fingerprint density at radius 2 is 1.50 bits per heavy atom. The van der Waals surface area contributed by atoms with Gasteiger partial charge in [0, 0.05) is 19.5 Å². The Balaban J connectivity index is 0. The standard InChI is InChI=1S/C6H15O3PS.Zn/c1-3-5-8-10(7,11)9-6-4-2;/h3-6H2,1-2H3,(H,7,11);. The van der Waals surface area contributed by atoms with Crippen molar-refractivity contribution in [3.05, 3.63) is 0 Å². The van der Waals surface area contributed by atoms with Gasteiger partial charge in [-0.15, -0.1) is 0 Å². The summed E-state index contributed by atoms with van der Waals surface area (Å²) in [5, 5.41) is 0. The fourth-order valence-electron chi connectivity index (χ4n) is 0.451. The minimum atomic E-state index is -2.89. The van der Waals surface area contributed by atoms with Gasteiger partial charge in [-0.05, 0) is 24.6 Å². The first-order chi connectivity index (χ1) is 5.12. The minimum Gasteiger partial charge on any atom is -0.324 e. The molecule has 3 nitrogen and oxygen atoms in total. The van der Waals surface area contributed by atoms with E-state index in [9.17, 15) is 4.89 Å². The number of rotatable bonds is 6. The van der Waals surface area contributed by atoms with Crippen LogP contribution in [0.1, 0.15) is 26.7 Å². The van der Waals surface area contributed by atoms with Gasteiger partial charge in [0.1, 0.15) is 0 Å². The van der Waals surface area contributed by atoms with Gasteiger partial charge >= 0.3 is 6.72 Å². The molecule has 0 saturated carbocycles. The van der Waals surface area contributed by atoms with Crippen molar-refractivity contribution in [3.63, 3.8) is 0 Å². The zero-order chi connectivity index (χ0) is 8.74. The van der Waals surface area contributed by atoms with E-state index < -0.39 is 6.72 Å². The van der Waals surface area contributed by atoms with Crippen LogP contribution in [0.2, 0.25) is 0 Å². The van der Waals surface area contributed by atoms with Crippen LogP contribution in [-0.4, -0.2) is 18.1 Å². The van der Waals surface area contributed by atoms with E-state index in [1.807, 2.05) is 13.8 Å². The second-order valence-corrected chi connectivity index (χ2v) is 4.97. The van der Waals surface area contributed by atoms with Crippen molar-refractivity contribution in [1.29, 1.82) is 0 Å². The van der Waals surface area contributed by atoms with Gasteiger partial charge in [0.25, 0.3) is 0 Å². The van der Waals surface area contributed by atoms with Crippen LogP contribution >= 0.6 is 6.72 Å². The fourth-order valence-corrected chi connectivity index (χ4v) is 1.80. The van der Waals surface area contributed by atoms with Gasteiger partial charge < -0.3 is 13.9 Å². The molecular formula is C6H15O3PSZn. The number of hydrogen-bond acceptors (Lipinski definition) is 3. The van der Waals surface area contributed by atoms with E-state index in [-0.39, 0.29) is 19.5 Å². The molecule has 70 valence electrons. The molecule has 0 aromatic heterocycles. The Morgan fingerprint density at radius 1 is 1.17 bits per heavy atom. The van der Waals surface area contributed by atoms with Crippen LogP contribution in [0.15, 0.2) is 0 Å². The molecule has 0 aliphatic carbocycles. The monoisotopic (exact) mass is 262 g/mol. The molecule has 0 fully saturated rings. The molecule has 0 saturated heterocycles. The average molecular weight is 264 g/mol. The van der Waals surface area contributed by atoms with Crippen molar-refractivity contribution in [2.24, 2.45) is 0 Å². The van der Waals surface area contributed by atoms with Crippen LogP contribution in [-0.2, 0) is 40.3 Å². The quantitative estimate of drug-likeness (QED) is 0.588. The Morgan fingerprint density at radius 3 is 1.75 bits per heavy atom. The molecular weight excluding hydrogens is 248 g/mol. The van der Waals surface area contributed by atoms with Gasteiger partial charge in [-0.3, -0.25) is 0 Å². The third-order valence-corrected chi connectivity index (χ3v) is 2.57. The zero-order valence-corrected chi connectivity index (χ0v) is 12.3. The summed E-state index contributed by atoms with van der Waals surface area (Å²) < 4.78 is 9.88. The Labute approximate surface area is 91.8 Å². The normalized spacial score (nSPS) is 10.9. The van der Waals surface area contributed by atoms with Crippen LogP contribution in [0.5, 0.6) is 0 Å². The molecule has 0 atom stereocenters. The predicted molar refractivity (Wildman–Crippen MR) is 49.0 cm³/mol. The van der Waals surface area contributed by atoms with E-state index in [0.29, 0.717) is 13.2 Å². The van der Waals surface area contributed by atoms with Crippen LogP contribution in [0, 0.1) is 0 Å². The molecule has 0 aromatic rings. The molecule has 0 aromatic carbocycles. The molecule has 12 heavy (non-hydrogen) atoms. The van der Waals surface area contributed by atoms with E-state index in [1.54, 1.807) is 0 Å². The SMILES string of the molecule is CCCOP(O)(=S)OCCC.[Zn]. The van der Waals surface area contributed by atoms with Gasteiger partial charge in [-0.25, -0.2) is 0 Å². The van der Waals surface area contributed by atoms with Crippen LogP contribution < -0.4 is 0 Å². The summed E-state index contributed by atoms with van der Waals surface area (Å²) in [6.45, 7) is 1.95. The molecule has 6 heteroatoms. The largest absolute Gasteiger partial charge is 0.324 e. The molecule has 0 heterocycles. The molecule has 0 spiro atoms. The van der Waals surface area contributed by atoms with Crippen molar-refractivity contribution >= 4 is 18.5 Å². The minimum absolute atomic E-state index is 0. The summed E-state index contributed by atoms with van der Waals surface area (Å²) in [7, 11) is 0. The molecule has 0 aliphatic heterocycles. The van der Waals surface area contributed by atoms with Gasteiger partial charge in [-0.1, -0.05) is 13.8 Å². The molecule has 0 rings (SSSR count). The summed E-state index contributed by atoms with van der Waals surface area (Å²) >= 11 is 4.70. The smallest absolute Gasteiger partial charge is 0.324 e. The molecule has 0 amide bonds. The Kier molecular flexibility index (Phi) is 11.4. The second kappa shape index (κ2) is 8.74. The molecule has 0 aliphatic rings. The topological polar surface area (TPSA) is 38.7 Å². The van der Waals surface area contributed by atoms with Crippen LogP contribution in [0.25, 0.3) is 0 Å². The first kappa shape index (κ1) is 15.6. The van der Waals surface area contributed by atoms with Crippen molar-refractivity contribution in [2.45, 2.75) is 26.7 Å². The summed E-state index contributed by atoms with van der Waals surface area (Å²) in [6, 6.07) is 0. The first-order valence-corrected chi connectivity index (χ1v) is 6.33. The summed E-state index contributed by atoms with van der Waals surface area (Å²) in [4.78, 5) is 9.26. The van der Waals surface area contributed by atoms with Crippen molar-refractivity contribution < 1.29 is 33.4 Å². The van der Waals surface area contributed by atoms with Crippen molar-refractivity contribution in [3.8, 4) is 0 Å². The maximum atomic E-state index is 9.26. The van der Waals surface area contributed by atoms with Crippen LogP contribution in [0.3, 0.4) is 0 Å². The van der Waals surface area contributed by atoms with Gasteiger partial charge in [0.15, 0.2) is 0 Å². The van der Waals surface area contributed by atoms with Gasteiger partial charge in [-0.2, -0.15) is 0 Å². The van der Waals surface area contributed by atoms with Gasteiger partial charge in [0.05, 0.1) is 13.2 Å². The first-order valence-electron chi connectivity index (χ1n) is 3.74. The second-order valence-electron chi connectivity index (χ2n) is 2.14. The molecule has 0 unspecified atom stereocenters. The van der Waals surface area contributed by atoms with Crippen molar-refractivity contribution in [1.82, 2.24) is 0 Å². The molecule has 0 radical (unpaired) electrons. The summed E-state index contributed by atoms with van der Waals surface area (Å²) in [5.41, 5.74) is 0. The third-order valence-electron chi connectivity index (χ3n) is 0.917. The number of hydrogen-bond donors (Lipinski definition) is 1. The molecule has 0 bridgehead atoms. The third kappa shape index (κ3) is 9.24.